The minimum absolute atomic E-state index is 0.0835. The third-order valence-corrected chi connectivity index (χ3v) is 3.59. The predicted molar refractivity (Wildman–Crippen MR) is 74.2 cm³/mol. The normalized spacial score (nSPS) is 14.0. The van der Waals surface area contributed by atoms with Crippen LogP contribution in [0.3, 0.4) is 0 Å². The highest BCUT2D eigenvalue weighted by atomic mass is 16.4. The van der Waals surface area contributed by atoms with Crippen molar-refractivity contribution in [2.75, 3.05) is 0 Å². The van der Waals surface area contributed by atoms with Gasteiger partial charge in [-0.25, -0.2) is 0 Å². The zero-order valence-electron chi connectivity index (χ0n) is 11.7. The number of ketones is 1. The van der Waals surface area contributed by atoms with Gasteiger partial charge in [-0.1, -0.05) is 39.5 Å². The molecule has 0 aliphatic rings. The van der Waals surface area contributed by atoms with Gasteiger partial charge in [0.1, 0.15) is 5.92 Å². The third-order valence-electron chi connectivity index (χ3n) is 3.59. The van der Waals surface area contributed by atoms with Crippen LogP contribution in [0.5, 0.6) is 0 Å². The molecule has 2 unspecified atom stereocenters. The molecule has 1 heterocycles. The van der Waals surface area contributed by atoms with Crippen LogP contribution in [-0.4, -0.2) is 21.8 Å². The summed E-state index contributed by atoms with van der Waals surface area (Å²) in [5.41, 5.74) is 0.390. The lowest BCUT2D eigenvalue weighted by atomic mass is 9.82. The Labute approximate surface area is 114 Å². The Morgan fingerprint density at radius 2 is 2.05 bits per heavy atom. The number of carbonyl (C=O) groups is 2. The van der Waals surface area contributed by atoms with E-state index in [1.54, 1.807) is 18.3 Å². The molecule has 0 aromatic carbocycles. The molecule has 0 fully saturated rings. The number of aliphatic carboxylic acids is 1. The standard InChI is InChI=1S/C15H23NO3/c1-3-5-6-8-11(4-2)13(15(18)19)14(17)12-9-7-10-16-12/h7,9-11,13,16H,3-6,8H2,1-2H3,(H,18,19). The van der Waals surface area contributed by atoms with E-state index in [9.17, 15) is 14.7 Å². The van der Waals surface area contributed by atoms with Gasteiger partial charge in [0.05, 0.1) is 5.69 Å². The third kappa shape index (κ3) is 4.23. The molecule has 2 atom stereocenters. The summed E-state index contributed by atoms with van der Waals surface area (Å²) >= 11 is 0. The Bertz CT molecular complexity index is 398. The fraction of sp³-hybridized carbons (Fsp3) is 0.600. The molecule has 19 heavy (non-hydrogen) atoms. The van der Waals surface area contributed by atoms with E-state index < -0.39 is 11.9 Å². The molecular weight excluding hydrogens is 242 g/mol. The van der Waals surface area contributed by atoms with E-state index in [1.165, 1.54) is 0 Å². The molecule has 0 saturated heterocycles. The van der Waals surface area contributed by atoms with Crippen LogP contribution in [0.2, 0.25) is 0 Å². The fourth-order valence-electron chi connectivity index (χ4n) is 2.44. The van der Waals surface area contributed by atoms with Gasteiger partial charge < -0.3 is 10.1 Å². The van der Waals surface area contributed by atoms with Crippen molar-refractivity contribution in [3.8, 4) is 0 Å². The van der Waals surface area contributed by atoms with E-state index in [0.29, 0.717) is 12.1 Å². The second-order valence-electron chi connectivity index (χ2n) is 4.93. The van der Waals surface area contributed by atoms with Crippen molar-refractivity contribution in [3.05, 3.63) is 24.0 Å². The molecule has 0 bridgehead atoms. The zero-order chi connectivity index (χ0) is 14.3. The number of unbranched alkanes of at least 4 members (excludes halogenated alkanes) is 2. The van der Waals surface area contributed by atoms with Crippen molar-refractivity contribution in [1.82, 2.24) is 4.98 Å². The average Bonchev–Trinajstić information content (AvgIpc) is 2.90. The van der Waals surface area contributed by atoms with Gasteiger partial charge in [0, 0.05) is 6.20 Å². The lowest BCUT2D eigenvalue weighted by Crippen LogP contribution is -2.31. The Morgan fingerprint density at radius 3 is 2.53 bits per heavy atom. The number of carbonyl (C=O) groups excluding carboxylic acids is 1. The summed E-state index contributed by atoms with van der Waals surface area (Å²) in [6, 6.07) is 3.35. The maximum atomic E-state index is 12.3. The molecule has 0 aliphatic heterocycles. The molecular formula is C15H23NO3. The van der Waals surface area contributed by atoms with Crippen LogP contribution in [0.15, 0.2) is 18.3 Å². The van der Waals surface area contributed by atoms with Crippen LogP contribution < -0.4 is 0 Å². The first-order valence-corrected chi connectivity index (χ1v) is 7.02. The van der Waals surface area contributed by atoms with Gasteiger partial charge in [0.25, 0.3) is 0 Å². The Hall–Kier alpha value is -1.58. The minimum Gasteiger partial charge on any atom is -0.481 e. The summed E-state index contributed by atoms with van der Waals surface area (Å²) in [5.74, 6) is -2.33. The highest BCUT2D eigenvalue weighted by Crippen LogP contribution is 2.26. The number of H-pyrrole nitrogens is 1. The summed E-state index contributed by atoms with van der Waals surface area (Å²) < 4.78 is 0. The number of nitrogens with one attached hydrogen (secondary N) is 1. The largest absolute Gasteiger partial charge is 0.481 e. The molecule has 2 N–H and O–H groups in total. The Balaban J connectivity index is 2.80. The predicted octanol–water partition coefficient (Wildman–Crippen LogP) is 3.50. The van der Waals surface area contributed by atoms with Crippen LogP contribution in [-0.2, 0) is 4.79 Å². The lowest BCUT2D eigenvalue weighted by molar-refractivity contribution is -0.141. The summed E-state index contributed by atoms with van der Waals surface area (Å²) in [5, 5.41) is 9.37. The minimum atomic E-state index is -1.01. The molecule has 1 aromatic heterocycles. The van der Waals surface area contributed by atoms with Gasteiger partial charge in [-0.15, -0.1) is 0 Å². The topological polar surface area (TPSA) is 70.2 Å². The molecule has 1 rings (SSSR count). The molecule has 106 valence electrons. The average molecular weight is 265 g/mol. The first-order valence-electron chi connectivity index (χ1n) is 7.02. The molecule has 4 heteroatoms. The summed E-state index contributed by atoms with van der Waals surface area (Å²) in [4.78, 5) is 26.5. The van der Waals surface area contributed by atoms with Gasteiger partial charge in [0.2, 0.25) is 0 Å². The van der Waals surface area contributed by atoms with E-state index in [0.717, 1.165) is 25.7 Å². The maximum absolute atomic E-state index is 12.3. The van der Waals surface area contributed by atoms with Crippen LogP contribution >= 0.6 is 0 Å². The monoisotopic (exact) mass is 265 g/mol. The molecule has 0 spiro atoms. The van der Waals surface area contributed by atoms with Gasteiger partial charge in [-0.05, 0) is 24.5 Å². The number of rotatable bonds is 9. The van der Waals surface area contributed by atoms with Crippen LogP contribution in [0, 0.1) is 11.8 Å². The first-order chi connectivity index (χ1) is 9.11. The number of aromatic nitrogens is 1. The molecule has 1 aromatic rings. The maximum Gasteiger partial charge on any atom is 0.314 e. The van der Waals surface area contributed by atoms with Crippen molar-refractivity contribution in [2.24, 2.45) is 11.8 Å². The highest BCUT2D eigenvalue weighted by molar-refractivity contribution is 6.07. The summed E-state index contributed by atoms with van der Waals surface area (Å²) in [6.07, 6.45) is 6.32. The molecule has 0 amide bonds. The van der Waals surface area contributed by atoms with Gasteiger partial charge in [0.15, 0.2) is 5.78 Å². The van der Waals surface area contributed by atoms with Gasteiger partial charge in [-0.2, -0.15) is 0 Å². The number of carboxylic acids is 1. The van der Waals surface area contributed by atoms with E-state index in [-0.39, 0.29) is 11.7 Å². The van der Waals surface area contributed by atoms with Crippen LogP contribution in [0.4, 0.5) is 0 Å². The second kappa shape index (κ2) is 7.77. The van der Waals surface area contributed by atoms with Crippen molar-refractivity contribution in [2.45, 2.75) is 46.0 Å². The van der Waals surface area contributed by atoms with E-state index in [2.05, 4.69) is 11.9 Å². The Kier molecular flexibility index (Phi) is 6.33. The van der Waals surface area contributed by atoms with Gasteiger partial charge >= 0.3 is 5.97 Å². The van der Waals surface area contributed by atoms with Crippen molar-refractivity contribution in [1.29, 1.82) is 0 Å². The van der Waals surface area contributed by atoms with Crippen molar-refractivity contribution < 1.29 is 14.7 Å². The SMILES string of the molecule is CCCCCC(CC)C(C(=O)O)C(=O)c1ccc[nH]1. The zero-order valence-corrected chi connectivity index (χ0v) is 11.7. The Morgan fingerprint density at radius 1 is 1.32 bits per heavy atom. The first kappa shape index (κ1) is 15.5. The second-order valence-corrected chi connectivity index (χ2v) is 4.93. The van der Waals surface area contributed by atoms with Crippen LogP contribution in [0.1, 0.15) is 56.4 Å². The van der Waals surface area contributed by atoms with E-state index in [4.69, 9.17) is 0 Å². The van der Waals surface area contributed by atoms with E-state index >= 15 is 0 Å². The number of hydrogen-bond donors (Lipinski definition) is 2. The summed E-state index contributed by atoms with van der Waals surface area (Å²) in [7, 11) is 0. The quantitative estimate of drug-likeness (QED) is 0.408. The summed E-state index contributed by atoms with van der Waals surface area (Å²) in [6.45, 7) is 4.06. The van der Waals surface area contributed by atoms with Gasteiger partial charge in [-0.3, -0.25) is 9.59 Å². The number of hydrogen-bond acceptors (Lipinski definition) is 2. The molecule has 0 aliphatic carbocycles. The smallest absolute Gasteiger partial charge is 0.314 e. The van der Waals surface area contributed by atoms with E-state index in [1.807, 2.05) is 6.92 Å². The van der Waals surface area contributed by atoms with Crippen molar-refractivity contribution in [3.63, 3.8) is 0 Å². The fourth-order valence-corrected chi connectivity index (χ4v) is 2.44. The number of carboxylic acid groups (broad SMARTS) is 1. The van der Waals surface area contributed by atoms with Crippen LogP contribution in [0.25, 0.3) is 0 Å². The molecule has 0 radical (unpaired) electrons. The lowest BCUT2D eigenvalue weighted by Gasteiger charge is -2.21. The molecule has 0 saturated carbocycles. The van der Waals surface area contributed by atoms with Crippen molar-refractivity contribution >= 4 is 11.8 Å². The molecule has 4 nitrogen and oxygen atoms in total. The number of Topliss-reactive ketones (excluding diaryl/α,β-unsaturated/α-hetero) is 1. The number of aromatic amines is 1. The highest BCUT2D eigenvalue weighted by Gasteiger charge is 2.34.